The normalized spacial score (nSPS) is 11.2. The van der Waals surface area contributed by atoms with Gasteiger partial charge in [-0.05, 0) is 58.8 Å². The van der Waals surface area contributed by atoms with Crippen molar-refractivity contribution in [3.05, 3.63) is 95.5 Å². The Labute approximate surface area is 174 Å². The van der Waals surface area contributed by atoms with Crippen LogP contribution in [0.5, 0.6) is 5.75 Å². The molecule has 0 amide bonds. The summed E-state index contributed by atoms with van der Waals surface area (Å²) in [6.07, 6.45) is 0. The van der Waals surface area contributed by atoms with E-state index in [1.165, 1.54) is 16.3 Å². The molecule has 1 aromatic heterocycles. The summed E-state index contributed by atoms with van der Waals surface area (Å²) in [5, 5.41) is 3.20. The summed E-state index contributed by atoms with van der Waals surface area (Å²) in [5.41, 5.74) is 4.25. The predicted octanol–water partition coefficient (Wildman–Crippen LogP) is 6.57. The van der Waals surface area contributed by atoms with Crippen LogP contribution in [0.1, 0.15) is 5.56 Å². The van der Waals surface area contributed by atoms with E-state index in [0.717, 1.165) is 34.7 Å². The van der Waals surface area contributed by atoms with Gasteiger partial charge in [0.05, 0.1) is 18.1 Å². The summed E-state index contributed by atoms with van der Waals surface area (Å²) in [6.45, 7) is 0.728. The standard InChI is InChI=1S/C25H19ClN2O/c1-29-22-12-13-24-23(15-22)27-25(19-8-10-21(26)11-9-19)28(24)16-17-6-7-18-4-2-3-5-20(18)14-17/h2-15H,16H2,1H3. The first-order valence-corrected chi connectivity index (χ1v) is 9.87. The molecule has 0 aliphatic carbocycles. The van der Waals surface area contributed by atoms with Crippen LogP contribution in [0.15, 0.2) is 84.9 Å². The maximum Gasteiger partial charge on any atom is 0.141 e. The number of hydrogen-bond acceptors (Lipinski definition) is 2. The molecule has 0 saturated heterocycles. The highest BCUT2D eigenvalue weighted by Gasteiger charge is 2.14. The van der Waals surface area contributed by atoms with E-state index in [1.54, 1.807) is 7.11 Å². The first kappa shape index (κ1) is 17.8. The largest absolute Gasteiger partial charge is 0.497 e. The lowest BCUT2D eigenvalue weighted by molar-refractivity contribution is 0.415. The number of methoxy groups -OCH3 is 1. The number of ether oxygens (including phenoxy) is 1. The summed E-state index contributed by atoms with van der Waals surface area (Å²) in [6, 6.07) is 28.9. The van der Waals surface area contributed by atoms with Crippen LogP contribution in [0.2, 0.25) is 5.02 Å². The van der Waals surface area contributed by atoms with Crippen molar-refractivity contribution in [1.82, 2.24) is 9.55 Å². The Morgan fingerprint density at radius 1 is 0.862 bits per heavy atom. The first-order valence-electron chi connectivity index (χ1n) is 9.49. The number of aromatic nitrogens is 2. The minimum absolute atomic E-state index is 0.715. The highest BCUT2D eigenvalue weighted by molar-refractivity contribution is 6.30. The third-order valence-electron chi connectivity index (χ3n) is 5.21. The zero-order chi connectivity index (χ0) is 19.8. The van der Waals surface area contributed by atoms with E-state index in [0.29, 0.717) is 5.02 Å². The molecule has 0 aliphatic heterocycles. The van der Waals surface area contributed by atoms with Crippen LogP contribution in [-0.4, -0.2) is 16.7 Å². The van der Waals surface area contributed by atoms with Gasteiger partial charge in [-0.15, -0.1) is 0 Å². The van der Waals surface area contributed by atoms with Crippen molar-refractivity contribution < 1.29 is 4.74 Å². The molecule has 0 saturated carbocycles. The maximum atomic E-state index is 6.10. The van der Waals surface area contributed by atoms with Crippen molar-refractivity contribution in [3.63, 3.8) is 0 Å². The van der Waals surface area contributed by atoms with Gasteiger partial charge < -0.3 is 9.30 Å². The van der Waals surface area contributed by atoms with Crippen molar-refractivity contribution in [2.75, 3.05) is 7.11 Å². The monoisotopic (exact) mass is 398 g/mol. The first-order chi connectivity index (χ1) is 14.2. The lowest BCUT2D eigenvalue weighted by Gasteiger charge is -2.11. The van der Waals surface area contributed by atoms with E-state index in [4.69, 9.17) is 21.3 Å². The number of fused-ring (bicyclic) bond motifs is 2. The number of halogens is 1. The maximum absolute atomic E-state index is 6.10. The zero-order valence-corrected chi connectivity index (χ0v) is 16.7. The third-order valence-corrected chi connectivity index (χ3v) is 5.46. The van der Waals surface area contributed by atoms with Gasteiger partial charge in [0.2, 0.25) is 0 Å². The molecule has 0 bridgehead atoms. The molecular formula is C25H19ClN2O. The van der Waals surface area contributed by atoms with E-state index in [-0.39, 0.29) is 0 Å². The van der Waals surface area contributed by atoms with Gasteiger partial charge in [0.1, 0.15) is 11.6 Å². The van der Waals surface area contributed by atoms with Gasteiger partial charge in [-0.1, -0.05) is 48.0 Å². The van der Waals surface area contributed by atoms with Crippen LogP contribution in [0.3, 0.4) is 0 Å². The van der Waals surface area contributed by atoms with E-state index in [2.05, 4.69) is 53.1 Å². The fourth-order valence-corrected chi connectivity index (χ4v) is 3.86. The quantitative estimate of drug-likeness (QED) is 0.342. The third kappa shape index (κ3) is 3.34. The second-order valence-electron chi connectivity index (χ2n) is 7.06. The van der Waals surface area contributed by atoms with Gasteiger partial charge >= 0.3 is 0 Å². The molecule has 4 heteroatoms. The highest BCUT2D eigenvalue weighted by Crippen LogP contribution is 2.29. The molecule has 1 heterocycles. The Bertz CT molecular complexity index is 1320. The summed E-state index contributed by atoms with van der Waals surface area (Å²) < 4.78 is 7.64. The van der Waals surface area contributed by atoms with Crippen molar-refractivity contribution in [3.8, 4) is 17.1 Å². The van der Waals surface area contributed by atoms with Crippen LogP contribution in [-0.2, 0) is 6.54 Å². The molecule has 29 heavy (non-hydrogen) atoms. The van der Waals surface area contributed by atoms with E-state index < -0.39 is 0 Å². The van der Waals surface area contributed by atoms with Crippen molar-refractivity contribution in [2.45, 2.75) is 6.54 Å². The van der Waals surface area contributed by atoms with Gasteiger partial charge in [-0.2, -0.15) is 0 Å². The molecule has 0 atom stereocenters. The fourth-order valence-electron chi connectivity index (χ4n) is 3.74. The summed E-state index contributed by atoms with van der Waals surface area (Å²) >= 11 is 6.10. The minimum atomic E-state index is 0.715. The fraction of sp³-hybridized carbons (Fsp3) is 0.0800. The average Bonchev–Trinajstić information content (AvgIpc) is 3.11. The average molecular weight is 399 g/mol. The Morgan fingerprint density at radius 3 is 2.45 bits per heavy atom. The summed E-state index contributed by atoms with van der Waals surface area (Å²) in [4.78, 5) is 4.92. The van der Waals surface area contributed by atoms with Crippen molar-refractivity contribution in [2.24, 2.45) is 0 Å². The predicted molar refractivity (Wildman–Crippen MR) is 120 cm³/mol. The summed E-state index contributed by atoms with van der Waals surface area (Å²) in [7, 11) is 1.67. The topological polar surface area (TPSA) is 27.1 Å². The van der Waals surface area contributed by atoms with Gasteiger partial charge in [-0.3, -0.25) is 0 Å². The minimum Gasteiger partial charge on any atom is -0.497 e. The van der Waals surface area contributed by atoms with E-state index >= 15 is 0 Å². The second kappa shape index (κ2) is 7.26. The Balaban J connectivity index is 1.67. The lowest BCUT2D eigenvalue weighted by atomic mass is 10.1. The molecule has 0 N–H and O–H groups in total. The summed E-state index contributed by atoms with van der Waals surface area (Å²) in [5.74, 6) is 1.72. The highest BCUT2D eigenvalue weighted by atomic mass is 35.5. The molecule has 0 aliphatic rings. The Kier molecular flexibility index (Phi) is 4.45. The van der Waals surface area contributed by atoms with E-state index in [1.807, 2.05) is 36.4 Å². The lowest BCUT2D eigenvalue weighted by Crippen LogP contribution is -2.02. The van der Waals surface area contributed by atoms with Crippen LogP contribution in [0.4, 0.5) is 0 Å². The van der Waals surface area contributed by atoms with Crippen LogP contribution >= 0.6 is 11.6 Å². The molecule has 0 spiro atoms. The van der Waals surface area contributed by atoms with Crippen LogP contribution < -0.4 is 4.74 Å². The smallest absolute Gasteiger partial charge is 0.141 e. The molecule has 142 valence electrons. The molecule has 0 unspecified atom stereocenters. The van der Waals surface area contributed by atoms with Gasteiger partial charge in [0.15, 0.2) is 0 Å². The number of benzene rings is 4. The molecule has 0 fully saturated rings. The molecular weight excluding hydrogens is 380 g/mol. The number of imidazole rings is 1. The Hall–Kier alpha value is -3.30. The SMILES string of the molecule is COc1ccc2c(c1)nc(-c1ccc(Cl)cc1)n2Cc1ccc2ccccc2c1. The molecule has 3 nitrogen and oxygen atoms in total. The van der Waals surface area contributed by atoms with Crippen LogP contribution in [0.25, 0.3) is 33.2 Å². The van der Waals surface area contributed by atoms with Gasteiger partial charge in [0.25, 0.3) is 0 Å². The number of rotatable bonds is 4. The van der Waals surface area contributed by atoms with E-state index in [9.17, 15) is 0 Å². The van der Waals surface area contributed by atoms with Crippen LogP contribution in [0, 0.1) is 0 Å². The van der Waals surface area contributed by atoms with Crippen molar-refractivity contribution in [1.29, 1.82) is 0 Å². The molecule has 5 rings (SSSR count). The molecule has 0 radical (unpaired) electrons. The molecule has 5 aromatic rings. The Morgan fingerprint density at radius 2 is 1.66 bits per heavy atom. The molecule has 4 aromatic carbocycles. The zero-order valence-electron chi connectivity index (χ0n) is 16.0. The van der Waals surface area contributed by atoms with Crippen molar-refractivity contribution >= 4 is 33.4 Å². The number of hydrogen-bond donors (Lipinski definition) is 0. The van der Waals surface area contributed by atoms with Gasteiger partial charge in [-0.25, -0.2) is 4.98 Å². The second-order valence-corrected chi connectivity index (χ2v) is 7.50. The number of nitrogens with zero attached hydrogens (tertiary/aromatic N) is 2. The van der Waals surface area contributed by atoms with Gasteiger partial charge in [0, 0.05) is 23.2 Å².